The lowest BCUT2D eigenvalue weighted by Gasteiger charge is -2.31. The maximum Gasteiger partial charge on any atom is 0.0704 e. The van der Waals surface area contributed by atoms with Crippen LogP contribution in [0.5, 0.6) is 0 Å². The Morgan fingerprint density at radius 3 is 2.91 bits per heavy atom. The van der Waals surface area contributed by atoms with Crippen molar-refractivity contribution in [1.82, 2.24) is 10.2 Å². The van der Waals surface area contributed by atoms with E-state index in [4.69, 9.17) is 0 Å². The van der Waals surface area contributed by atoms with Crippen LogP contribution in [0, 0.1) is 0 Å². The molecule has 0 amide bonds. The summed E-state index contributed by atoms with van der Waals surface area (Å²) in [7, 11) is 2.06. The van der Waals surface area contributed by atoms with Crippen molar-refractivity contribution in [2.45, 2.75) is 19.4 Å². The standard InChI is InChI=1S/C9H16N2/c1-8-9(2,3)10-6-5-7-11(8)4/h5-6,10H,1,7H2,2-4H3. The van der Waals surface area contributed by atoms with Gasteiger partial charge in [0, 0.05) is 19.3 Å². The third-order valence-electron chi connectivity index (χ3n) is 2.12. The van der Waals surface area contributed by atoms with E-state index in [0.29, 0.717) is 0 Å². The quantitative estimate of drug-likeness (QED) is 0.563. The molecule has 1 aliphatic rings. The first-order chi connectivity index (χ1) is 5.04. The summed E-state index contributed by atoms with van der Waals surface area (Å²) in [6.07, 6.45) is 4.09. The Bertz CT molecular complexity index is 192. The average Bonchev–Trinajstić information content (AvgIpc) is 2.03. The molecule has 0 saturated heterocycles. The Balaban J connectivity index is 2.82. The largest absolute Gasteiger partial charge is 0.381 e. The summed E-state index contributed by atoms with van der Waals surface area (Å²) < 4.78 is 0. The van der Waals surface area contributed by atoms with Crippen LogP contribution in [0.4, 0.5) is 0 Å². The maximum atomic E-state index is 4.03. The Morgan fingerprint density at radius 1 is 1.64 bits per heavy atom. The van der Waals surface area contributed by atoms with Crippen molar-refractivity contribution < 1.29 is 0 Å². The molecule has 0 saturated carbocycles. The van der Waals surface area contributed by atoms with Gasteiger partial charge < -0.3 is 10.2 Å². The normalized spacial score (nSPS) is 22.8. The van der Waals surface area contributed by atoms with E-state index < -0.39 is 0 Å². The van der Waals surface area contributed by atoms with Crippen LogP contribution in [0.15, 0.2) is 24.6 Å². The first-order valence-electron chi connectivity index (χ1n) is 3.87. The van der Waals surface area contributed by atoms with E-state index in [-0.39, 0.29) is 5.54 Å². The first-order valence-corrected chi connectivity index (χ1v) is 3.87. The molecule has 1 aliphatic heterocycles. The smallest absolute Gasteiger partial charge is 0.0704 e. The van der Waals surface area contributed by atoms with E-state index in [1.165, 1.54) is 0 Å². The van der Waals surface area contributed by atoms with Crippen LogP contribution < -0.4 is 5.32 Å². The number of nitrogens with one attached hydrogen (secondary N) is 1. The first kappa shape index (κ1) is 8.18. The minimum atomic E-state index is -0.0122. The summed E-state index contributed by atoms with van der Waals surface area (Å²) in [5.74, 6) is 0. The van der Waals surface area contributed by atoms with Gasteiger partial charge in [-0.1, -0.05) is 6.58 Å². The highest BCUT2D eigenvalue weighted by Gasteiger charge is 2.23. The molecule has 0 spiro atoms. The zero-order valence-electron chi connectivity index (χ0n) is 7.52. The van der Waals surface area contributed by atoms with Gasteiger partial charge >= 0.3 is 0 Å². The molecule has 2 nitrogen and oxygen atoms in total. The van der Waals surface area contributed by atoms with Crippen molar-refractivity contribution in [3.05, 3.63) is 24.6 Å². The van der Waals surface area contributed by atoms with Gasteiger partial charge in [-0.15, -0.1) is 0 Å². The fraction of sp³-hybridized carbons (Fsp3) is 0.556. The van der Waals surface area contributed by atoms with Crippen LogP contribution >= 0.6 is 0 Å². The molecule has 0 radical (unpaired) electrons. The van der Waals surface area contributed by atoms with Crippen LogP contribution in [0.1, 0.15) is 13.8 Å². The summed E-state index contributed by atoms with van der Waals surface area (Å²) >= 11 is 0. The lowest BCUT2D eigenvalue weighted by Crippen LogP contribution is -2.41. The monoisotopic (exact) mass is 152 g/mol. The van der Waals surface area contributed by atoms with Crippen molar-refractivity contribution in [2.24, 2.45) is 0 Å². The van der Waals surface area contributed by atoms with Crippen LogP contribution in [-0.4, -0.2) is 24.0 Å². The third kappa shape index (κ3) is 1.56. The van der Waals surface area contributed by atoms with Crippen LogP contribution in [0.3, 0.4) is 0 Å². The average molecular weight is 152 g/mol. The highest BCUT2D eigenvalue weighted by molar-refractivity contribution is 5.16. The third-order valence-corrected chi connectivity index (χ3v) is 2.12. The minimum Gasteiger partial charge on any atom is -0.381 e. The molecule has 0 bridgehead atoms. The Labute approximate surface area is 68.6 Å². The molecule has 0 aliphatic carbocycles. The summed E-state index contributed by atoms with van der Waals surface area (Å²) in [5, 5.41) is 3.28. The Morgan fingerprint density at radius 2 is 2.27 bits per heavy atom. The fourth-order valence-corrected chi connectivity index (χ4v) is 1.15. The molecule has 0 fully saturated rings. The lowest BCUT2D eigenvalue weighted by molar-refractivity contribution is 0.367. The van der Waals surface area contributed by atoms with E-state index >= 15 is 0 Å². The van der Waals surface area contributed by atoms with Gasteiger partial charge in [-0.25, -0.2) is 0 Å². The number of likely N-dealkylation sites (N-methyl/N-ethyl adjacent to an activating group) is 1. The molecule has 1 N–H and O–H groups in total. The highest BCUT2D eigenvalue weighted by Crippen LogP contribution is 2.18. The number of rotatable bonds is 0. The van der Waals surface area contributed by atoms with Crippen molar-refractivity contribution in [1.29, 1.82) is 0 Å². The summed E-state index contributed by atoms with van der Waals surface area (Å²) in [6, 6.07) is 0. The molecule has 2 heteroatoms. The maximum absolute atomic E-state index is 4.03. The molecule has 0 unspecified atom stereocenters. The molecular weight excluding hydrogens is 136 g/mol. The predicted octanol–water partition coefficient (Wildman–Crippen LogP) is 1.33. The van der Waals surface area contributed by atoms with Crippen molar-refractivity contribution in [3.63, 3.8) is 0 Å². The number of nitrogens with zero attached hydrogens (tertiary/aromatic N) is 1. The molecule has 62 valence electrons. The Hall–Kier alpha value is -0.920. The van der Waals surface area contributed by atoms with Crippen molar-refractivity contribution in [2.75, 3.05) is 13.6 Å². The lowest BCUT2D eigenvalue weighted by atomic mass is 10.0. The molecule has 1 heterocycles. The second kappa shape index (κ2) is 2.61. The number of hydrogen-bond acceptors (Lipinski definition) is 2. The van der Waals surface area contributed by atoms with E-state index in [2.05, 4.69) is 43.8 Å². The van der Waals surface area contributed by atoms with E-state index in [1.807, 2.05) is 6.20 Å². The Kier molecular flexibility index (Phi) is 1.94. The fourth-order valence-electron chi connectivity index (χ4n) is 1.15. The van der Waals surface area contributed by atoms with E-state index in [1.54, 1.807) is 0 Å². The van der Waals surface area contributed by atoms with Crippen molar-refractivity contribution in [3.8, 4) is 0 Å². The molecule has 0 aromatic rings. The van der Waals surface area contributed by atoms with Gasteiger partial charge in [0.25, 0.3) is 0 Å². The highest BCUT2D eigenvalue weighted by atomic mass is 15.2. The topological polar surface area (TPSA) is 15.3 Å². The molecule has 0 aromatic heterocycles. The molecule has 0 atom stereocenters. The van der Waals surface area contributed by atoms with Gasteiger partial charge in [0.05, 0.1) is 5.54 Å². The van der Waals surface area contributed by atoms with Crippen LogP contribution in [0.2, 0.25) is 0 Å². The van der Waals surface area contributed by atoms with Gasteiger partial charge in [-0.3, -0.25) is 0 Å². The van der Waals surface area contributed by atoms with Crippen LogP contribution in [-0.2, 0) is 0 Å². The zero-order chi connectivity index (χ0) is 8.48. The summed E-state index contributed by atoms with van der Waals surface area (Å²) in [5.41, 5.74) is 1.12. The van der Waals surface area contributed by atoms with Gasteiger partial charge in [-0.2, -0.15) is 0 Å². The predicted molar refractivity (Wildman–Crippen MR) is 48.1 cm³/mol. The minimum absolute atomic E-state index is 0.0122. The van der Waals surface area contributed by atoms with Gasteiger partial charge in [0.15, 0.2) is 0 Å². The summed E-state index contributed by atoms with van der Waals surface area (Å²) in [4.78, 5) is 2.15. The van der Waals surface area contributed by atoms with E-state index in [0.717, 1.165) is 12.2 Å². The molecule has 11 heavy (non-hydrogen) atoms. The van der Waals surface area contributed by atoms with Gasteiger partial charge in [0.1, 0.15) is 0 Å². The summed E-state index contributed by atoms with van der Waals surface area (Å²) in [6.45, 7) is 9.22. The van der Waals surface area contributed by atoms with Crippen LogP contribution in [0.25, 0.3) is 0 Å². The second-order valence-electron chi connectivity index (χ2n) is 3.50. The molecule has 1 rings (SSSR count). The molecular formula is C9H16N2. The van der Waals surface area contributed by atoms with Gasteiger partial charge in [-0.05, 0) is 26.1 Å². The molecule has 0 aromatic carbocycles. The zero-order valence-corrected chi connectivity index (χ0v) is 7.52. The van der Waals surface area contributed by atoms with Crippen molar-refractivity contribution >= 4 is 0 Å². The SMILES string of the molecule is C=C1N(C)CC=CNC1(C)C. The number of hydrogen-bond donors (Lipinski definition) is 1. The second-order valence-corrected chi connectivity index (χ2v) is 3.50. The van der Waals surface area contributed by atoms with Gasteiger partial charge in [0.2, 0.25) is 0 Å². The van der Waals surface area contributed by atoms with E-state index in [9.17, 15) is 0 Å².